The second-order valence-corrected chi connectivity index (χ2v) is 3.49. The van der Waals surface area contributed by atoms with Crippen molar-refractivity contribution in [3.8, 4) is 0 Å². The van der Waals surface area contributed by atoms with Crippen LogP contribution >= 0.6 is 0 Å². The van der Waals surface area contributed by atoms with Gasteiger partial charge in [0.25, 0.3) is 0 Å². The Morgan fingerprint density at radius 2 is 1.87 bits per heavy atom. The third-order valence-corrected chi connectivity index (χ3v) is 1.99. The topological polar surface area (TPSA) is 52.6 Å². The van der Waals surface area contributed by atoms with Gasteiger partial charge in [-0.05, 0) is 6.92 Å². The summed E-state index contributed by atoms with van der Waals surface area (Å²) in [5.41, 5.74) is 0. The molecule has 0 aromatic heterocycles. The van der Waals surface area contributed by atoms with Crippen LogP contribution in [0.25, 0.3) is 0 Å². The van der Waals surface area contributed by atoms with Crippen molar-refractivity contribution in [2.45, 2.75) is 39.2 Å². The van der Waals surface area contributed by atoms with Crippen LogP contribution in [0.2, 0.25) is 0 Å². The first-order valence-electron chi connectivity index (χ1n) is 5.24. The highest BCUT2D eigenvalue weighted by atomic mass is 16.5. The highest BCUT2D eigenvalue weighted by molar-refractivity contribution is 5.99. The van der Waals surface area contributed by atoms with Crippen LogP contribution in [0.1, 0.15) is 33.1 Å². The van der Waals surface area contributed by atoms with Gasteiger partial charge in [-0.15, -0.1) is 0 Å². The zero-order valence-electron chi connectivity index (χ0n) is 9.75. The molecule has 0 heterocycles. The van der Waals surface area contributed by atoms with Crippen LogP contribution in [0.4, 0.5) is 0 Å². The first kappa shape index (κ1) is 14.3. The number of ketones is 2. The first-order valence-corrected chi connectivity index (χ1v) is 5.24. The minimum atomic E-state index is -0.141. The van der Waals surface area contributed by atoms with E-state index in [-0.39, 0.29) is 24.1 Å². The molecule has 15 heavy (non-hydrogen) atoms. The lowest BCUT2D eigenvalue weighted by Crippen LogP contribution is -2.18. The Morgan fingerprint density at radius 1 is 1.20 bits per heavy atom. The van der Waals surface area contributed by atoms with E-state index in [1.165, 1.54) is 0 Å². The Kier molecular flexibility index (Phi) is 8.14. The molecule has 4 heteroatoms. The average Bonchev–Trinajstić information content (AvgIpc) is 2.17. The van der Waals surface area contributed by atoms with Crippen LogP contribution in [0.5, 0.6) is 0 Å². The Balaban J connectivity index is 3.62. The summed E-state index contributed by atoms with van der Waals surface area (Å²) in [6.45, 7) is 4.58. The molecule has 0 aromatic carbocycles. The maximum Gasteiger partial charge on any atom is 0.142 e. The van der Waals surface area contributed by atoms with Gasteiger partial charge >= 0.3 is 0 Å². The van der Waals surface area contributed by atoms with Gasteiger partial charge in [0.05, 0.1) is 25.7 Å². The van der Waals surface area contributed by atoms with Gasteiger partial charge in [-0.25, -0.2) is 0 Å². The number of Topliss-reactive ketones (excluding diaryl/α,β-unsaturated/α-hetero) is 2. The van der Waals surface area contributed by atoms with Gasteiger partial charge < -0.3 is 9.47 Å². The molecule has 0 rings (SSSR count). The molecular weight excluding hydrogens is 196 g/mol. The number of hydrogen-bond donors (Lipinski definition) is 0. The smallest absolute Gasteiger partial charge is 0.142 e. The molecule has 0 N–H and O–H groups in total. The third kappa shape index (κ3) is 8.27. The lowest BCUT2D eigenvalue weighted by atomic mass is 10.1. The number of rotatable bonds is 9. The van der Waals surface area contributed by atoms with Crippen molar-refractivity contribution in [2.24, 2.45) is 0 Å². The third-order valence-electron chi connectivity index (χ3n) is 1.99. The van der Waals surface area contributed by atoms with Crippen molar-refractivity contribution < 1.29 is 19.1 Å². The summed E-state index contributed by atoms with van der Waals surface area (Å²) in [7, 11) is 1.60. The Bertz CT molecular complexity index is 201. The molecule has 0 saturated carbocycles. The van der Waals surface area contributed by atoms with E-state index in [1.807, 2.05) is 6.92 Å². The van der Waals surface area contributed by atoms with Crippen molar-refractivity contribution >= 4 is 11.6 Å². The second kappa shape index (κ2) is 8.56. The van der Waals surface area contributed by atoms with Gasteiger partial charge in [0.2, 0.25) is 0 Å². The summed E-state index contributed by atoms with van der Waals surface area (Å²) < 4.78 is 10.1. The van der Waals surface area contributed by atoms with E-state index in [1.54, 1.807) is 14.0 Å². The molecule has 0 aliphatic heterocycles. The van der Waals surface area contributed by atoms with Crippen LogP contribution in [-0.2, 0) is 19.1 Å². The van der Waals surface area contributed by atoms with Gasteiger partial charge in [-0.3, -0.25) is 9.59 Å². The van der Waals surface area contributed by atoms with Gasteiger partial charge in [-0.1, -0.05) is 6.92 Å². The number of carbonyl (C=O) groups is 2. The lowest BCUT2D eigenvalue weighted by molar-refractivity contribution is -0.128. The quantitative estimate of drug-likeness (QED) is 0.431. The molecule has 88 valence electrons. The van der Waals surface area contributed by atoms with Crippen molar-refractivity contribution in [1.29, 1.82) is 0 Å². The summed E-state index contributed by atoms with van der Waals surface area (Å²) >= 11 is 0. The monoisotopic (exact) mass is 216 g/mol. The van der Waals surface area contributed by atoms with Gasteiger partial charge in [0.1, 0.15) is 11.6 Å². The normalized spacial score (nSPS) is 12.5. The van der Waals surface area contributed by atoms with E-state index < -0.39 is 0 Å². The van der Waals surface area contributed by atoms with Crippen molar-refractivity contribution in [3.63, 3.8) is 0 Å². The Morgan fingerprint density at radius 3 is 2.40 bits per heavy atom. The first-order chi connectivity index (χ1) is 7.10. The van der Waals surface area contributed by atoms with Crippen molar-refractivity contribution in [2.75, 3.05) is 20.3 Å². The Hall–Kier alpha value is -0.740. The molecule has 1 unspecified atom stereocenters. The van der Waals surface area contributed by atoms with Gasteiger partial charge in [-0.2, -0.15) is 0 Å². The summed E-state index contributed by atoms with van der Waals surface area (Å²) in [5.74, 6) is -0.0594. The summed E-state index contributed by atoms with van der Waals surface area (Å²) in [4.78, 5) is 22.3. The zero-order chi connectivity index (χ0) is 11.7. The maximum atomic E-state index is 11.3. The summed E-state index contributed by atoms with van der Waals surface area (Å²) in [6, 6.07) is 0. The van der Waals surface area contributed by atoms with E-state index >= 15 is 0 Å². The maximum absolute atomic E-state index is 11.3. The molecule has 1 atom stereocenters. The van der Waals surface area contributed by atoms with E-state index in [4.69, 9.17) is 9.47 Å². The zero-order valence-corrected chi connectivity index (χ0v) is 9.75. The molecule has 4 nitrogen and oxygen atoms in total. The fourth-order valence-electron chi connectivity index (χ4n) is 1.13. The van der Waals surface area contributed by atoms with E-state index in [0.717, 1.165) is 0 Å². The fraction of sp³-hybridized carbons (Fsp3) is 0.818. The summed E-state index contributed by atoms with van der Waals surface area (Å²) in [5, 5.41) is 0. The fourth-order valence-corrected chi connectivity index (χ4v) is 1.13. The second-order valence-electron chi connectivity index (χ2n) is 3.49. The van der Waals surface area contributed by atoms with E-state index in [2.05, 4.69) is 0 Å². The standard InChI is InChI=1S/C11H20O4/c1-4-10(12)8-11(13)7-9(2)15-6-5-14-3/h9H,4-8H2,1-3H3. The SMILES string of the molecule is CCC(=O)CC(=O)CC(C)OCCOC. The van der Waals surface area contributed by atoms with Crippen LogP contribution in [0, 0.1) is 0 Å². The number of methoxy groups -OCH3 is 1. The van der Waals surface area contributed by atoms with Crippen molar-refractivity contribution in [3.05, 3.63) is 0 Å². The molecule has 0 amide bonds. The highest BCUT2D eigenvalue weighted by Crippen LogP contribution is 2.02. The predicted octanol–water partition coefficient (Wildman–Crippen LogP) is 1.37. The molecule has 0 saturated heterocycles. The van der Waals surface area contributed by atoms with Crippen LogP contribution in [-0.4, -0.2) is 38.0 Å². The summed E-state index contributed by atoms with van der Waals surface area (Å²) in [6.07, 6.45) is 0.617. The minimum Gasteiger partial charge on any atom is -0.382 e. The van der Waals surface area contributed by atoms with Crippen LogP contribution in [0.3, 0.4) is 0 Å². The number of hydrogen-bond acceptors (Lipinski definition) is 4. The number of ether oxygens (including phenoxy) is 2. The van der Waals surface area contributed by atoms with Crippen LogP contribution < -0.4 is 0 Å². The largest absolute Gasteiger partial charge is 0.382 e. The molecule has 0 aromatic rings. The highest BCUT2D eigenvalue weighted by Gasteiger charge is 2.12. The van der Waals surface area contributed by atoms with Gasteiger partial charge in [0, 0.05) is 20.0 Å². The number of carbonyl (C=O) groups excluding carboxylic acids is 2. The average molecular weight is 216 g/mol. The molecule has 0 spiro atoms. The predicted molar refractivity (Wildman–Crippen MR) is 56.8 cm³/mol. The molecule has 0 aliphatic carbocycles. The van der Waals surface area contributed by atoms with Crippen LogP contribution in [0.15, 0.2) is 0 Å². The molecule has 0 bridgehead atoms. The molecule has 0 radical (unpaired) electrons. The molecule has 0 fully saturated rings. The van der Waals surface area contributed by atoms with Crippen molar-refractivity contribution in [1.82, 2.24) is 0 Å². The molecular formula is C11H20O4. The minimum absolute atomic E-state index is 0.0101. The van der Waals surface area contributed by atoms with E-state index in [9.17, 15) is 9.59 Å². The van der Waals surface area contributed by atoms with Gasteiger partial charge in [0.15, 0.2) is 0 Å². The Labute approximate surface area is 90.9 Å². The lowest BCUT2D eigenvalue weighted by Gasteiger charge is -2.11. The molecule has 0 aliphatic rings. The van der Waals surface area contributed by atoms with E-state index in [0.29, 0.717) is 26.1 Å².